The molecule has 0 aliphatic carbocycles. The zero-order valence-corrected chi connectivity index (χ0v) is 16.9. The van der Waals surface area contributed by atoms with E-state index in [0.29, 0.717) is 36.2 Å². The van der Waals surface area contributed by atoms with Gasteiger partial charge in [-0.25, -0.2) is 0 Å². The first-order valence-electron chi connectivity index (χ1n) is 9.84. The van der Waals surface area contributed by atoms with Crippen LogP contribution in [0.2, 0.25) is 0 Å². The number of amides is 2. The lowest BCUT2D eigenvalue weighted by molar-refractivity contribution is -0.126. The van der Waals surface area contributed by atoms with Crippen molar-refractivity contribution in [1.29, 1.82) is 0 Å². The fourth-order valence-electron chi connectivity index (χ4n) is 3.46. The van der Waals surface area contributed by atoms with Crippen molar-refractivity contribution in [3.63, 3.8) is 0 Å². The second kappa shape index (κ2) is 10.2. The average Bonchev–Trinajstić information content (AvgIpc) is 3.08. The van der Waals surface area contributed by atoms with Crippen molar-refractivity contribution in [3.8, 4) is 11.5 Å². The van der Waals surface area contributed by atoms with Gasteiger partial charge in [0.05, 0.1) is 25.8 Å². The number of anilines is 1. The molecule has 0 spiro atoms. The van der Waals surface area contributed by atoms with E-state index in [9.17, 15) is 9.59 Å². The third-order valence-corrected chi connectivity index (χ3v) is 5.28. The normalized spacial score (nSPS) is 17.7. The van der Waals surface area contributed by atoms with Crippen LogP contribution >= 0.6 is 0 Å². The summed E-state index contributed by atoms with van der Waals surface area (Å²) >= 11 is 0. The minimum absolute atomic E-state index is 0.0340. The number of ether oxygens (including phenoxy) is 2. The number of carbonyl (C=O) groups is 2. The third kappa shape index (κ3) is 5.37. The lowest BCUT2D eigenvalue weighted by Crippen LogP contribution is -2.35. The largest absolute Gasteiger partial charge is 0.497 e. The fraction of sp³-hybridized carbons (Fsp3) is 0.619. The molecule has 0 unspecified atom stereocenters. The van der Waals surface area contributed by atoms with E-state index in [0.717, 1.165) is 12.8 Å². The third-order valence-electron chi connectivity index (χ3n) is 5.28. The summed E-state index contributed by atoms with van der Waals surface area (Å²) in [7, 11) is 3.14. The number of nitrogens with one attached hydrogen (secondary N) is 1. The topological polar surface area (TPSA) is 67.9 Å². The molecule has 0 bridgehead atoms. The number of hydrogen-bond donors (Lipinski definition) is 1. The molecular formula is C21H32N2O4. The molecule has 1 aromatic carbocycles. The summed E-state index contributed by atoms with van der Waals surface area (Å²) in [6, 6.07) is 5.33. The molecule has 1 saturated heterocycles. The molecule has 1 aliphatic heterocycles. The van der Waals surface area contributed by atoms with Gasteiger partial charge in [0, 0.05) is 25.6 Å². The van der Waals surface area contributed by atoms with Crippen LogP contribution < -0.4 is 19.7 Å². The van der Waals surface area contributed by atoms with Crippen molar-refractivity contribution in [2.75, 3.05) is 32.2 Å². The van der Waals surface area contributed by atoms with E-state index in [4.69, 9.17) is 9.47 Å². The zero-order chi connectivity index (χ0) is 19.8. The predicted molar refractivity (Wildman–Crippen MR) is 106 cm³/mol. The van der Waals surface area contributed by atoms with Gasteiger partial charge >= 0.3 is 0 Å². The quantitative estimate of drug-likeness (QED) is 0.680. The number of benzene rings is 1. The minimum atomic E-state index is -0.326. The number of carbonyl (C=O) groups excluding carboxylic acids is 2. The highest BCUT2D eigenvalue weighted by molar-refractivity contribution is 6.01. The highest BCUT2D eigenvalue weighted by Gasteiger charge is 2.36. The summed E-state index contributed by atoms with van der Waals surface area (Å²) < 4.78 is 10.6. The number of hydrogen-bond acceptors (Lipinski definition) is 4. The van der Waals surface area contributed by atoms with Gasteiger partial charge in [-0.2, -0.15) is 0 Å². The molecule has 0 aromatic heterocycles. The Hall–Kier alpha value is -2.24. The van der Waals surface area contributed by atoms with E-state index in [-0.39, 0.29) is 24.2 Å². The molecule has 1 fully saturated rings. The molecule has 0 saturated carbocycles. The molecule has 6 heteroatoms. The zero-order valence-electron chi connectivity index (χ0n) is 16.9. The van der Waals surface area contributed by atoms with Crippen LogP contribution in [-0.2, 0) is 9.59 Å². The molecule has 1 aliphatic rings. The first-order chi connectivity index (χ1) is 13.0. The fourth-order valence-corrected chi connectivity index (χ4v) is 3.46. The van der Waals surface area contributed by atoms with Crippen molar-refractivity contribution in [2.45, 2.75) is 46.0 Å². The van der Waals surface area contributed by atoms with Crippen molar-refractivity contribution in [1.82, 2.24) is 5.32 Å². The molecule has 0 radical (unpaired) electrons. The van der Waals surface area contributed by atoms with Crippen molar-refractivity contribution in [3.05, 3.63) is 18.2 Å². The van der Waals surface area contributed by atoms with Crippen molar-refractivity contribution in [2.24, 2.45) is 11.8 Å². The number of methoxy groups -OCH3 is 2. The van der Waals surface area contributed by atoms with E-state index in [1.54, 1.807) is 37.3 Å². The second-order valence-electron chi connectivity index (χ2n) is 7.10. The van der Waals surface area contributed by atoms with E-state index >= 15 is 0 Å². The molecule has 2 amide bonds. The Morgan fingerprint density at radius 2 is 2.07 bits per heavy atom. The van der Waals surface area contributed by atoms with Crippen LogP contribution in [0.15, 0.2) is 18.2 Å². The van der Waals surface area contributed by atoms with Gasteiger partial charge in [-0.05, 0) is 24.5 Å². The van der Waals surface area contributed by atoms with Crippen LogP contribution in [0.5, 0.6) is 11.5 Å². The lowest BCUT2D eigenvalue weighted by atomic mass is 9.99. The maximum atomic E-state index is 12.6. The minimum Gasteiger partial charge on any atom is -0.497 e. The molecule has 150 valence electrons. The summed E-state index contributed by atoms with van der Waals surface area (Å²) in [5, 5.41) is 3.05. The highest BCUT2D eigenvalue weighted by atomic mass is 16.5. The van der Waals surface area contributed by atoms with E-state index in [1.807, 2.05) is 0 Å². The van der Waals surface area contributed by atoms with Crippen LogP contribution in [0.3, 0.4) is 0 Å². The Bertz CT molecular complexity index is 647. The average molecular weight is 376 g/mol. The Morgan fingerprint density at radius 1 is 1.30 bits per heavy atom. The SMILES string of the molecule is CCCC[C@H](CC)CNC(=O)[C@H]1CC(=O)N(c2ccc(OC)cc2OC)C1. The highest BCUT2D eigenvalue weighted by Crippen LogP contribution is 2.35. The smallest absolute Gasteiger partial charge is 0.227 e. The number of rotatable bonds is 10. The molecule has 2 rings (SSSR count). The van der Waals surface area contributed by atoms with E-state index in [2.05, 4.69) is 19.2 Å². The van der Waals surface area contributed by atoms with Crippen LogP contribution in [0.4, 0.5) is 5.69 Å². The molecule has 27 heavy (non-hydrogen) atoms. The van der Waals surface area contributed by atoms with Gasteiger partial charge in [0.1, 0.15) is 11.5 Å². The predicted octanol–water partition coefficient (Wildman–Crippen LogP) is 3.39. The molecule has 1 heterocycles. The molecule has 1 aromatic rings. The van der Waals surface area contributed by atoms with Crippen LogP contribution in [0, 0.1) is 11.8 Å². The maximum Gasteiger partial charge on any atom is 0.227 e. The Balaban J connectivity index is 1.99. The molecule has 2 atom stereocenters. The van der Waals surface area contributed by atoms with Crippen LogP contribution in [0.1, 0.15) is 46.0 Å². The van der Waals surface area contributed by atoms with Gasteiger partial charge < -0.3 is 19.7 Å². The maximum absolute atomic E-state index is 12.6. The Morgan fingerprint density at radius 3 is 2.70 bits per heavy atom. The molecule has 6 nitrogen and oxygen atoms in total. The number of nitrogens with zero attached hydrogens (tertiary/aromatic N) is 1. The van der Waals surface area contributed by atoms with E-state index in [1.165, 1.54) is 12.8 Å². The van der Waals surface area contributed by atoms with Gasteiger partial charge in [-0.1, -0.05) is 33.1 Å². The standard InChI is InChI=1S/C21H32N2O4/c1-5-7-8-15(6-2)13-22-21(25)16-11-20(24)23(14-16)18-10-9-17(26-3)12-19(18)27-4/h9-10,12,15-16H,5-8,11,13-14H2,1-4H3,(H,22,25)/t15-,16-/m0/s1. The summed E-state index contributed by atoms with van der Waals surface area (Å²) in [4.78, 5) is 26.7. The van der Waals surface area contributed by atoms with Gasteiger partial charge in [0.25, 0.3) is 0 Å². The Labute approximate surface area is 162 Å². The first kappa shape index (κ1) is 21.1. The van der Waals surface area contributed by atoms with Gasteiger partial charge in [-0.3, -0.25) is 9.59 Å². The van der Waals surface area contributed by atoms with Crippen LogP contribution in [-0.4, -0.2) is 39.1 Å². The molecule has 1 N–H and O–H groups in total. The van der Waals surface area contributed by atoms with Crippen LogP contribution in [0.25, 0.3) is 0 Å². The summed E-state index contributed by atoms with van der Waals surface area (Å²) in [5.74, 6) is 1.31. The summed E-state index contributed by atoms with van der Waals surface area (Å²) in [5.41, 5.74) is 0.674. The van der Waals surface area contributed by atoms with Gasteiger partial charge in [0.15, 0.2) is 0 Å². The van der Waals surface area contributed by atoms with E-state index < -0.39 is 0 Å². The number of unbranched alkanes of at least 4 members (excludes halogenated alkanes) is 1. The lowest BCUT2D eigenvalue weighted by Gasteiger charge is -2.20. The van der Waals surface area contributed by atoms with Gasteiger partial charge in [0.2, 0.25) is 11.8 Å². The van der Waals surface area contributed by atoms with Crippen molar-refractivity contribution < 1.29 is 19.1 Å². The second-order valence-corrected chi connectivity index (χ2v) is 7.10. The molecular weight excluding hydrogens is 344 g/mol. The Kier molecular flexibility index (Phi) is 7.95. The van der Waals surface area contributed by atoms with Crippen molar-refractivity contribution >= 4 is 17.5 Å². The van der Waals surface area contributed by atoms with Gasteiger partial charge in [-0.15, -0.1) is 0 Å². The summed E-state index contributed by atoms with van der Waals surface area (Å²) in [6.45, 7) is 5.39. The monoisotopic (exact) mass is 376 g/mol. The first-order valence-corrected chi connectivity index (χ1v) is 9.84. The summed E-state index contributed by atoms with van der Waals surface area (Å²) in [6.07, 6.45) is 4.76.